The van der Waals surface area contributed by atoms with Gasteiger partial charge in [-0.25, -0.2) is 14.4 Å². The van der Waals surface area contributed by atoms with Gasteiger partial charge in [0, 0.05) is 37.5 Å². The first kappa shape index (κ1) is 20.4. The summed E-state index contributed by atoms with van der Waals surface area (Å²) in [6, 6.07) is 4.18. The molecule has 1 fully saturated rings. The van der Waals surface area contributed by atoms with Crippen LogP contribution >= 0.6 is 0 Å². The fourth-order valence-electron chi connectivity index (χ4n) is 4.86. The number of carbonyl (C=O) groups is 1. The van der Waals surface area contributed by atoms with E-state index in [1.165, 1.54) is 12.1 Å². The molecule has 32 heavy (non-hydrogen) atoms. The zero-order valence-electron chi connectivity index (χ0n) is 18.5. The Bertz CT molecular complexity index is 1220. The first-order chi connectivity index (χ1) is 15.3. The molecular weight excluding hydrogens is 409 g/mol. The number of aryl methyl sites for hydroxylation is 1. The molecule has 0 unspecified atom stereocenters. The van der Waals surface area contributed by atoms with Crippen molar-refractivity contribution in [3.05, 3.63) is 52.7 Å². The second kappa shape index (κ2) is 7.58. The zero-order chi connectivity index (χ0) is 22.6. The summed E-state index contributed by atoms with van der Waals surface area (Å²) in [4.78, 5) is 26.6. The highest BCUT2D eigenvalue weighted by molar-refractivity contribution is 5.96. The molecule has 0 saturated carbocycles. The third-order valence-electron chi connectivity index (χ3n) is 6.56. The van der Waals surface area contributed by atoms with Crippen LogP contribution < -0.4 is 10.6 Å². The summed E-state index contributed by atoms with van der Waals surface area (Å²) in [6.07, 6.45) is 4.36. The first-order valence-electron chi connectivity index (χ1n) is 10.8. The van der Waals surface area contributed by atoms with E-state index in [1.807, 2.05) is 14.0 Å². The van der Waals surface area contributed by atoms with Gasteiger partial charge in [-0.3, -0.25) is 9.48 Å². The van der Waals surface area contributed by atoms with Crippen molar-refractivity contribution in [3.8, 4) is 11.3 Å². The Kier molecular flexibility index (Phi) is 4.83. The maximum absolute atomic E-state index is 14.4. The van der Waals surface area contributed by atoms with E-state index in [4.69, 9.17) is 10.7 Å². The van der Waals surface area contributed by atoms with Crippen LogP contribution in [0.25, 0.3) is 11.3 Å². The van der Waals surface area contributed by atoms with Crippen molar-refractivity contribution in [1.82, 2.24) is 24.6 Å². The summed E-state index contributed by atoms with van der Waals surface area (Å²) in [5.74, 6) is 0.357. The van der Waals surface area contributed by atoms with Crippen LogP contribution in [0.4, 0.5) is 16.0 Å². The molecule has 2 N–H and O–H groups in total. The molecule has 1 aromatic carbocycles. The second-order valence-electron chi connectivity index (χ2n) is 8.59. The Morgan fingerprint density at radius 2 is 2.03 bits per heavy atom. The van der Waals surface area contributed by atoms with Gasteiger partial charge in [-0.15, -0.1) is 0 Å². The van der Waals surface area contributed by atoms with Gasteiger partial charge in [-0.1, -0.05) is 0 Å². The average molecular weight is 436 g/mol. The molecule has 1 atom stereocenters. The third kappa shape index (κ3) is 3.19. The second-order valence-corrected chi connectivity index (χ2v) is 8.59. The lowest BCUT2D eigenvalue weighted by atomic mass is 9.91. The molecule has 166 valence electrons. The lowest BCUT2D eigenvalue weighted by molar-refractivity contribution is 0.0781. The number of hydrogen-bond donors (Lipinski definition) is 1. The van der Waals surface area contributed by atoms with E-state index in [0.717, 1.165) is 36.2 Å². The van der Waals surface area contributed by atoms with Crippen molar-refractivity contribution in [3.63, 3.8) is 0 Å². The normalized spacial score (nSPS) is 18.4. The minimum Gasteiger partial charge on any atom is -0.381 e. The molecule has 0 radical (unpaired) electrons. The van der Waals surface area contributed by atoms with E-state index in [0.29, 0.717) is 41.5 Å². The molecule has 0 spiro atoms. The van der Waals surface area contributed by atoms with E-state index in [9.17, 15) is 9.18 Å². The van der Waals surface area contributed by atoms with Gasteiger partial charge in [-0.05, 0) is 49.9 Å². The third-order valence-corrected chi connectivity index (χ3v) is 6.56. The molecule has 8 nitrogen and oxygen atoms in total. The maximum atomic E-state index is 14.4. The lowest BCUT2D eigenvalue weighted by Gasteiger charge is -2.38. The van der Waals surface area contributed by atoms with Gasteiger partial charge < -0.3 is 15.5 Å². The Labute approximate surface area is 185 Å². The van der Waals surface area contributed by atoms with Crippen LogP contribution in [0.2, 0.25) is 0 Å². The van der Waals surface area contributed by atoms with E-state index >= 15 is 0 Å². The van der Waals surface area contributed by atoms with Crippen molar-refractivity contribution in [2.24, 2.45) is 7.05 Å². The van der Waals surface area contributed by atoms with Gasteiger partial charge in [0.2, 0.25) is 0 Å². The van der Waals surface area contributed by atoms with Gasteiger partial charge >= 0.3 is 0 Å². The van der Waals surface area contributed by atoms with Crippen LogP contribution in [0.15, 0.2) is 24.4 Å². The lowest BCUT2D eigenvalue weighted by Crippen LogP contribution is -2.37. The van der Waals surface area contributed by atoms with Gasteiger partial charge in [-0.2, -0.15) is 5.10 Å². The highest BCUT2D eigenvalue weighted by atomic mass is 19.1. The molecule has 9 heteroatoms. The molecule has 1 amide bonds. The molecule has 2 bridgehead atoms. The SMILES string of the molecule is Cc1c2c(nn1C)CN(C)C(=O)c1ccc(F)cc1[C@H]1CCCCN1c1nc-2cnc1N. The number of nitrogens with zero attached hydrogens (tertiary/aromatic N) is 6. The van der Waals surface area contributed by atoms with Crippen molar-refractivity contribution in [2.75, 3.05) is 24.2 Å². The minimum absolute atomic E-state index is 0.164. The Hall–Kier alpha value is -3.49. The summed E-state index contributed by atoms with van der Waals surface area (Å²) >= 11 is 0. The van der Waals surface area contributed by atoms with Crippen LogP contribution in [0.5, 0.6) is 0 Å². The Balaban J connectivity index is 1.80. The summed E-state index contributed by atoms with van der Waals surface area (Å²) < 4.78 is 16.2. The number of amides is 1. The first-order valence-corrected chi connectivity index (χ1v) is 10.8. The topological polar surface area (TPSA) is 93.2 Å². The van der Waals surface area contributed by atoms with Gasteiger partial charge in [0.15, 0.2) is 11.6 Å². The number of halogens is 1. The number of fused-ring (bicyclic) bond motifs is 8. The predicted molar refractivity (Wildman–Crippen MR) is 120 cm³/mol. The molecule has 2 aliphatic heterocycles. The van der Waals surface area contributed by atoms with E-state index in [-0.39, 0.29) is 17.8 Å². The molecule has 1 saturated heterocycles. The fraction of sp³-hybridized carbons (Fsp3) is 0.391. The number of aromatic nitrogens is 4. The average Bonchev–Trinajstić information content (AvgIpc) is 3.06. The molecule has 5 rings (SSSR count). The summed E-state index contributed by atoms with van der Waals surface area (Å²) in [5, 5.41) is 4.64. The number of piperidine rings is 1. The summed E-state index contributed by atoms with van der Waals surface area (Å²) in [5.41, 5.74) is 10.6. The van der Waals surface area contributed by atoms with Gasteiger partial charge in [0.05, 0.1) is 30.2 Å². The van der Waals surface area contributed by atoms with Crippen molar-refractivity contribution in [2.45, 2.75) is 38.8 Å². The number of nitrogen functional groups attached to an aromatic ring is 1. The number of hydrogen-bond acceptors (Lipinski definition) is 6. The van der Waals surface area contributed by atoms with Crippen molar-refractivity contribution < 1.29 is 9.18 Å². The molecule has 2 aliphatic rings. The molecule has 0 aliphatic carbocycles. The van der Waals surface area contributed by atoms with Crippen LogP contribution in [0.3, 0.4) is 0 Å². The Morgan fingerprint density at radius 3 is 2.84 bits per heavy atom. The van der Waals surface area contributed by atoms with E-state index in [2.05, 4.69) is 15.0 Å². The molecule has 2 aromatic heterocycles. The number of rotatable bonds is 0. The van der Waals surface area contributed by atoms with Crippen LogP contribution in [-0.2, 0) is 13.6 Å². The smallest absolute Gasteiger partial charge is 0.254 e. The molecule has 4 heterocycles. The fourth-order valence-corrected chi connectivity index (χ4v) is 4.86. The van der Waals surface area contributed by atoms with E-state index < -0.39 is 0 Å². The summed E-state index contributed by atoms with van der Waals surface area (Å²) in [7, 11) is 3.61. The maximum Gasteiger partial charge on any atom is 0.254 e. The van der Waals surface area contributed by atoms with Crippen molar-refractivity contribution >= 4 is 17.5 Å². The zero-order valence-corrected chi connectivity index (χ0v) is 18.5. The quantitative estimate of drug-likeness (QED) is 0.583. The highest BCUT2D eigenvalue weighted by Crippen LogP contribution is 2.40. The number of anilines is 2. The number of benzene rings is 1. The van der Waals surface area contributed by atoms with E-state index in [1.54, 1.807) is 28.9 Å². The molecule has 3 aromatic rings. The monoisotopic (exact) mass is 435 g/mol. The Morgan fingerprint density at radius 1 is 1.22 bits per heavy atom. The number of nitrogens with two attached hydrogens (primary N) is 1. The van der Waals surface area contributed by atoms with Crippen LogP contribution in [-0.4, -0.2) is 44.1 Å². The van der Waals surface area contributed by atoms with Gasteiger partial charge in [0.1, 0.15) is 5.82 Å². The standard InChI is InChI=1S/C23H26FN7O/c1-13-20-17-11-26-21(25)22(27-17)31-9-5-4-6-19(31)16-10-14(24)7-8-15(16)23(32)29(2)12-18(20)28-30(13)3/h7-8,10-11,19H,4-6,9,12H2,1-3H3,(H2,25,26)/t19-/m1/s1. The van der Waals surface area contributed by atoms with Crippen molar-refractivity contribution in [1.29, 1.82) is 0 Å². The minimum atomic E-state index is -0.368. The summed E-state index contributed by atoms with van der Waals surface area (Å²) in [6.45, 7) is 2.97. The number of carbonyl (C=O) groups excluding carboxylic acids is 1. The van der Waals surface area contributed by atoms with Crippen LogP contribution in [0, 0.1) is 12.7 Å². The highest BCUT2D eigenvalue weighted by Gasteiger charge is 2.33. The van der Waals surface area contributed by atoms with Crippen LogP contribution in [0.1, 0.15) is 52.6 Å². The largest absolute Gasteiger partial charge is 0.381 e. The predicted octanol–water partition coefficient (Wildman–Crippen LogP) is 3.22. The molecular formula is C23H26FN7O. The van der Waals surface area contributed by atoms with Gasteiger partial charge in [0.25, 0.3) is 5.91 Å².